The van der Waals surface area contributed by atoms with E-state index in [0.29, 0.717) is 11.1 Å². The van der Waals surface area contributed by atoms with Crippen molar-refractivity contribution in [2.45, 2.75) is 13.0 Å². The molecular weight excluding hydrogens is 392 g/mol. The first-order chi connectivity index (χ1) is 15.0. The Hall–Kier alpha value is -4.19. The third-order valence-electron chi connectivity index (χ3n) is 5.31. The van der Waals surface area contributed by atoms with E-state index in [4.69, 9.17) is 0 Å². The van der Waals surface area contributed by atoms with E-state index in [1.54, 1.807) is 25.1 Å². The number of hydrogen-bond acceptors (Lipinski definition) is 4. The number of carbonyl (C=O) groups excluding carboxylic acids is 1. The van der Waals surface area contributed by atoms with E-state index in [1.807, 2.05) is 60.7 Å². The molecule has 0 aromatic heterocycles. The molecular formula is C25H20N2O4. The molecule has 0 saturated carbocycles. The molecule has 0 aliphatic carbocycles. The lowest BCUT2D eigenvalue weighted by Crippen LogP contribution is -2.29. The Morgan fingerprint density at radius 2 is 1.68 bits per heavy atom. The molecule has 1 amide bonds. The van der Waals surface area contributed by atoms with Crippen LogP contribution in [0.5, 0.6) is 5.75 Å². The maximum absolute atomic E-state index is 13.1. The summed E-state index contributed by atoms with van der Waals surface area (Å²) in [5, 5.41) is 26.7. The lowest BCUT2D eigenvalue weighted by atomic mass is 9.92. The van der Waals surface area contributed by atoms with Crippen molar-refractivity contribution in [1.29, 1.82) is 0 Å². The van der Waals surface area contributed by atoms with Gasteiger partial charge in [0.1, 0.15) is 5.75 Å². The fraction of sp³-hybridized carbons (Fsp3) is 0.0800. The average Bonchev–Trinajstić information content (AvgIpc) is 2.78. The van der Waals surface area contributed by atoms with Crippen LogP contribution in [0.1, 0.15) is 33.1 Å². The SMILES string of the molecule is Cc1ccc(C(=O)NC(c2ccccc2)c2c(O)ccc3ccccc23)cc1[N+](=O)[O-]. The molecule has 0 radical (unpaired) electrons. The Morgan fingerprint density at radius 1 is 0.968 bits per heavy atom. The maximum Gasteiger partial charge on any atom is 0.273 e. The van der Waals surface area contributed by atoms with Crippen molar-refractivity contribution < 1.29 is 14.8 Å². The highest BCUT2D eigenvalue weighted by Crippen LogP contribution is 2.36. The van der Waals surface area contributed by atoms with Gasteiger partial charge in [-0.25, -0.2) is 0 Å². The molecule has 6 heteroatoms. The van der Waals surface area contributed by atoms with Gasteiger partial charge in [0.05, 0.1) is 11.0 Å². The van der Waals surface area contributed by atoms with Gasteiger partial charge in [-0.2, -0.15) is 0 Å². The highest BCUT2D eigenvalue weighted by molar-refractivity contribution is 5.96. The number of fused-ring (bicyclic) bond motifs is 1. The topological polar surface area (TPSA) is 92.5 Å². The van der Waals surface area contributed by atoms with Crippen LogP contribution in [0, 0.1) is 17.0 Å². The molecule has 0 saturated heterocycles. The van der Waals surface area contributed by atoms with Gasteiger partial charge in [0, 0.05) is 22.8 Å². The summed E-state index contributed by atoms with van der Waals surface area (Å²) in [4.78, 5) is 23.9. The van der Waals surface area contributed by atoms with Crippen molar-refractivity contribution in [1.82, 2.24) is 5.32 Å². The predicted molar refractivity (Wildman–Crippen MR) is 119 cm³/mol. The zero-order valence-electron chi connectivity index (χ0n) is 16.8. The number of aryl methyl sites for hydroxylation is 1. The van der Waals surface area contributed by atoms with Crippen LogP contribution in [0.4, 0.5) is 5.69 Å². The van der Waals surface area contributed by atoms with Crippen LogP contribution in [0.2, 0.25) is 0 Å². The van der Waals surface area contributed by atoms with Gasteiger partial charge in [0.25, 0.3) is 11.6 Å². The zero-order valence-corrected chi connectivity index (χ0v) is 16.8. The number of phenolic OH excluding ortho intramolecular Hbond substituents is 1. The Morgan fingerprint density at radius 3 is 2.42 bits per heavy atom. The van der Waals surface area contributed by atoms with E-state index in [-0.39, 0.29) is 17.0 Å². The van der Waals surface area contributed by atoms with Gasteiger partial charge < -0.3 is 10.4 Å². The Balaban J connectivity index is 1.82. The molecule has 4 rings (SSSR count). The summed E-state index contributed by atoms with van der Waals surface area (Å²) in [6.07, 6.45) is 0. The molecule has 4 aromatic rings. The number of carbonyl (C=O) groups is 1. The number of nitrogens with one attached hydrogen (secondary N) is 1. The minimum Gasteiger partial charge on any atom is -0.508 e. The second-order valence-corrected chi connectivity index (χ2v) is 7.30. The number of aromatic hydroxyl groups is 1. The normalized spacial score (nSPS) is 11.8. The highest BCUT2D eigenvalue weighted by atomic mass is 16.6. The van der Waals surface area contributed by atoms with Gasteiger partial charge in [-0.1, -0.05) is 66.7 Å². The van der Waals surface area contributed by atoms with Crippen molar-refractivity contribution in [3.63, 3.8) is 0 Å². The second-order valence-electron chi connectivity index (χ2n) is 7.30. The Kier molecular flexibility index (Phi) is 5.37. The first kappa shape index (κ1) is 20.1. The Bertz CT molecular complexity index is 1290. The van der Waals surface area contributed by atoms with Crippen molar-refractivity contribution in [3.05, 3.63) is 117 Å². The fourth-order valence-electron chi connectivity index (χ4n) is 3.72. The van der Waals surface area contributed by atoms with Crippen LogP contribution in [0.25, 0.3) is 10.8 Å². The average molecular weight is 412 g/mol. The van der Waals surface area contributed by atoms with E-state index in [0.717, 1.165) is 16.3 Å². The van der Waals surface area contributed by atoms with Crippen LogP contribution in [0.15, 0.2) is 84.9 Å². The smallest absolute Gasteiger partial charge is 0.273 e. The summed E-state index contributed by atoms with van der Waals surface area (Å²) in [5.74, 6) is -0.410. The molecule has 0 fully saturated rings. The third-order valence-corrected chi connectivity index (χ3v) is 5.31. The molecule has 2 N–H and O–H groups in total. The lowest BCUT2D eigenvalue weighted by Gasteiger charge is -2.22. The number of nitrogens with zero attached hydrogens (tertiary/aromatic N) is 1. The molecule has 154 valence electrons. The number of benzene rings is 4. The van der Waals surface area contributed by atoms with E-state index < -0.39 is 16.9 Å². The molecule has 4 aromatic carbocycles. The molecule has 0 bridgehead atoms. The molecule has 0 aliphatic rings. The largest absolute Gasteiger partial charge is 0.508 e. The van der Waals surface area contributed by atoms with Gasteiger partial charge in [0.2, 0.25) is 0 Å². The van der Waals surface area contributed by atoms with Crippen LogP contribution in [-0.2, 0) is 0 Å². The van der Waals surface area contributed by atoms with Gasteiger partial charge in [-0.05, 0) is 35.4 Å². The molecule has 1 atom stereocenters. The van der Waals surface area contributed by atoms with E-state index in [1.165, 1.54) is 6.07 Å². The monoisotopic (exact) mass is 412 g/mol. The van der Waals surface area contributed by atoms with Crippen LogP contribution >= 0.6 is 0 Å². The molecule has 6 nitrogen and oxygen atoms in total. The Labute approximate surface area is 178 Å². The summed E-state index contributed by atoms with van der Waals surface area (Å²) in [7, 11) is 0. The van der Waals surface area contributed by atoms with Gasteiger partial charge in [0.15, 0.2) is 0 Å². The number of nitro groups is 1. The van der Waals surface area contributed by atoms with Crippen molar-refractivity contribution in [2.75, 3.05) is 0 Å². The minimum absolute atomic E-state index is 0.0581. The van der Waals surface area contributed by atoms with Gasteiger partial charge in [-0.15, -0.1) is 0 Å². The summed E-state index contributed by atoms with van der Waals surface area (Å²) in [6.45, 7) is 1.63. The van der Waals surface area contributed by atoms with Crippen LogP contribution in [0.3, 0.4) is 0 Å². The number of rotatable bonds is 5. The number of hydrogen-bond donors (Lipinski definition) is 2. The zero-order chi connectivity index (χ0) is 22.0. The number of amides is 1. The van der Waals surface area contributed by atoms with Crippen molar-refractivity contribution in [2.24, 2.45) is 0 Å². The summed E-state index contributed by atoms with van der Waals surface area (Å²) < 4.78 is 0. The third kappa shape index (κ3) is 3.96. The van der Waals surface area contributed by atoms with E-state index in [9.17, 15) is 20.0 Å². The first-order valence-electron chi connectivity index (χ1n) is 9.77. The van der Waals surface area contributed by atoms with Gasteiger partial charge in [-0.3, -0.25) is 14.9 Å². The molecule has 0 heterocycles. The quantitative estimate of drug-likeness (QED) is 0.344. The predicted octanol–water partition coefficient (Wildman–Crippen LogP) is 5.28. The molecule has 0 spiro atoms. The molecule has 1 unspecified atom stereocenters. The maximum atomic E-state index is 13.1. The van der Waals surface area contributed by atoms with E-state index >= 15 is 0 Å². The lowest BCUT2D eigenvalue weighted by molar-refractivity contribution is -0.385. The fourth-order valence-corrected chi connectivity index (χ4v) is 3.72. The van der Waals surface area contributed by atoms with Crippen molar-refractivity contribution in [3.8, 4) is 5.75 Å². The summed E-state index contributed by atoms with van der Waals surface area (Å²) in [5.41, 5.74) is 1.89. The number of nitro benzene ring substituents is 1. The molecule has 0 aliphatic heterocycles. The van der Waals surface area contributed by atoms with Gasteiger partial charge >= 0.3 is 0 Å². The number of phenols is 1. The summed E-state index contributed by atoms with van der Waals surface area (Å²) >= 11 is 0. The van der Waals surface area contributed by atoms with Crippen LogP contribution in [-0.4, -0.2) is 15.9 Å². The van der Waals surface area contributed by atoms with Crippen molar-refractivity contribution >= 4 is 22.4 Å². The summed E-state index contributed by atoms with van der Waals surface area (Å²) in [6, 6.07) is 24.1. The first-order valence-corrected chi connectivity index (χ1v) is 9.77. The standard InChI is InChI=1S/C25H20N2O4/c1-16-11-12-19(15-21(16)27(30)31)25(29)26-24(18-8-3-2-4-9-18)23-20-10-6-5-7-17(20)13-14-22(23)28/h2-15,24,28H,1H3,(H,26,29). The molecule has 31 heavy (non-hydrogen) atoms. The van der Waals surface area contributed by atoms with E-state index in [2.05, 4.69) is 5.32 Å². The highest BCUT2D eigenvalue weighted by Gasteiger charge is 2.24. The minimum atomic E-state index is -0.653. The second kappa shape index (κ2) is 8.28. The van der Waals surface area contributed by atoms with Crippen LogP contribution < -0.4 is 5.32 Å².